The van der Waals surface area contributed by atoms with Crippen LogP contribution in [0.1, 0.15) is 33.4 Å². The van der Waals surface area contributed by atoms with Crippen LogP contribution in [0.15, 0.2) is 83.8 Å². The molecule has 5 rings (SSSR count). The van der Waals surface area contributed by atoms with E-state index in [1.54, 1.807) is 11.8 Å². The van der Waals surface area contributed by atoms with Crippen molar-refractivity contribution in [2.45, 2.75) is 22.9 Å². The zero-order valence-electron chi connectivity index (χ0n) is 17.5. The van der Waals surface area contributed by atoms with Crippen molar-refractivity contribution in [2.75, 3.05) is 12.9 Å². The van der Waals surface area contributed by atoms with Crippen LogP contribution < -0.4 is 5.32 Å². The highest BCUT2D eigenvalue weighted by Crippen LogP contribution is 2.59. The molecule has 1 fully saturated rings. The fourth-order valence-corrected chi connectivity index (χ4v) is 6.66. The van der Waals surface area contributed by atoms with Crippen molar-refractivity contribution < 1.29 is 14.3 Å². The number of halogens is 1. The lowest BCUT2D eigenvalue weighted by Crippen LogP contribution is -2.45. The van der Waals surface area contributed by atoms with E-state index in [2.05, 4.69) is 5.32 Å². The molecule has 6 heteroatoms. The lowest BCUT2D eigenvalue weighted by atomic mass is 9.64. The van der Waals surface area contributed by atoms with Crippen LogP contribution in [0.5, 0.6) is 0 Å². The van der Waals surface area contributed by atoms with Gasteiger partial charge in [-0.05, 0) is 29.3 Å². The summed E-state index contributed by atoms with van der Waals surface area (Å²) in [6.07, 6.45) is 0. The highest BCUT2D eigenvalue weighted by molar-refractivity contribution is 7.99. The van der Waals surface area contributed by atoms with Crippen molar-refractivity contribution in [2.24, 2.45) is 5.41 Å². The molecule has 2 aliphatic heterocycles. The third kappa shape index (κ3) is 3.27. The molecule has 1 N–H and O–H groups in total. The topological polar surface area (TPSA) is 55.4 Å². The second-order valence-electron chi connectivity index (χ2n) is 8.19. The van der Waals surface area contributed by atoms with E-state index >= 15 is 0 Å². The number of carbonyl (C=O) groups is 2. The average molecular weight is 464 g/mol. The van der Waals surface area contributed by atoms with Crippen LogP contribution in [0, 0.1) is 5.41 Å². The van der Waals surface area contributed by atoms with Gasteiger partial charge in [0.05, 0.1) is 12.5 Å². The van der Waals surface area contributed by atoms with E-state index in [0.717, 1.165) is 16.0 Å². The number of rotatable bonds is 3. The van der Waals surface area contributed by atoms with Crippen molar-refractivity contribution in [3.63, 3.8) is 0 Å². The first kappa shape index (κ1) is 21.3. The first-order valence-corrected chi connectivity index (χ1v) is 11.8. The molecule has 0 radical (unpaired) electrons. The Morgan fingerprint density at radius 2 is 1.69 bits per heavy atom. The van der Waals surface area contributed by atoms with Gasteiger partial charge in [0.2, 0.25) is 0 Å². The van der Waals surface area contributed by atoms with Gasteiger partial charge in [0.15, 0.2) is 5.78 Å². The summed E-state index contributed by atoms with van der Waals surface area (Å²) >= 11 is 7.82. The van der Waals surface area contributed by atoms with Crippen molar-refractivity contribution >= 4 is 35.1 Å². The minimum Gasteiger partial charge on any atom is -0.468 e. The summed E-state index contributed by atoms with van der Waals surface area (Å²) < 4.78 is 5.19. The summed E-state index contributed by atoms with van der Waals surface area (Å²) in [5, 5.41) is 4.12. The van der Waals surface area contributed by atoms with Crippen LogP contribution in [0.25, 0.3) is 0 Å². The normalized spacial score (nSPS) is 26.7. The number of ether oxygens (including phenoxy) is 1. The summed E-state index contributed by atoms with van der Waals surface area (Å²) in [7, 11) is 1.39. The Balaban J connectivity index is 1.75. The number of carbonyl (C=O) groups excluding carboxylic acids is 2. The molecule has 3 aromatic carbocycles. The van der Waals surface area contributed by atoms with Crippen molar-refractivity contribution in [1.29, 1.82) is 0 Å². The molecule has 2 heterocycles. The Hall–Kier alpha value is -2.60. The number of benzene rings is 3. The van der Waals surface area contributed by atoms with E-state index in [9.17, 15) is 9.59 Å². The number of esters is 1. The van der Waals surface area contributed by atoms with Gasteiger partial charge < -0.3 is 4.74 Å². The molecule has 32 heavy (non-hydrogen) atoms. The van der Waals surface area contributed by atoms with Gasteiger partial charge in [0, 0.05) is 33.2 Å². The van der Waals surface area contributed by atoms with Gasteiger partial charge in [-0.2, -0.15) is 0 Å². The molecular formula is C26H22ClNO3S. The molecule has 4 atom stereocenters. The summed E-state index contributed by atoms with van der Waals surface area (Å²) in [5.74, 6) is -0.146. The minimum absolute atomic E-state index is 0.0551. The summed E-state index contributed by atoms with van der Waals surface area (Å²) in [6.45, 7) is 0. The smallest absolute Gasteiger partial charge is 0.323 e. The maximum absolute atomic E-state index is 14.3. The molecule has 2 aliphatic rings. The van der Waals surface area contributed by atoms with Crippen molar-refractivity contribution in [1.82, 2.24) is 5.32 Å². The average Bonchev–Trinajstić information content (AvgIpc) is 3.18. The van der Waals surface area contributed by atoms with Gasteiger partial charge >= 0.3 is 5.97 Å². The predicted octanol–water partition coefficient (Wildman–Crippen LogP) is 5.28. The standard InChI is InChI=1S/C26H22ClNO3S/c1-31-25(30)22-21(16-7-3-2-4-8-16)26(23(28-22)17-11-13-18(27)14-12-17)15-32-20-10-6-5-9-19(20)24(26)29/h2-14,21-23,28H,15H2,1H3/t21-,22+,23+,26+/m0/s1. The Morgan fingerprint density at radius 1 is 1.00 bits per heavy atom. The molecule has 1 saturated heterocycles. The molecule has 0 amide bonds. The fraction of sp³-hybridized carbons (Fsp3) is 0.231. The highest BCUT2D eigenvalue weighted by atomic mass is 35.5. The fourth-order valence-electron chi connectivity index (χ4n) is 5.17. The predicted molar refractivity (Wildman–Crippen MR) is 126 cm³/mol. The van der Waals surface area contributed by atoms with E-state index in [1.165, 1.54) is 7.11 Å². The van der Waals surface area contributed by atoms with E-state index in [0.29, 0.717) is 16.3 Å². The third-order valence-electron chi connectivity index (χ3n) is 6.59. The quantitative estimate of drug-likeness (QED) is 0.535. The van der Waals surface area contributed by atoms with E-state index < -0.39 is 11.5 Å². The van der Waals surface area contributed by atoms with Crippen LogP contribution in [0.4, 0.5) is 0 Å². The van der Waals surface area contributed by atoms with Gasteiger partial charge in [-0.3, -0.25) is 14.9 Å². The molecule has 0 bridgehead atoms. The first-order valence-electron chi connectivity index (χ1n) is 10.5. The number of ketones is 1. The number of nitrogens with one attached hydrogen (secondary N) is 1. The Labute approximate surface area is 196 Å². The number of hydrogen-bond donors (Lipinski definition) is 1. The number of fused-ring (bicyclic) bond motifs is 1. The lowest BCUT2D eigenvalue weighted by Gasteiger charge is -2.42. The van der Waals surface area contributed by atoms with E-state index in [4.69, 9.17) is 16.3 Å². The van der Waals surface area contributed by atoms with Crippen molar-refractivity contribution in [3.05, 3.63) is 101 Å². The van der Waals surface area contributed by atoms with Crippen LogP contribution in [0.3, 0.4) is 0 Å². The molecule has 0 unspecified atom stereocenters. The van der Waals surface area contributed by atoms with Crippen molar-refractivity contribution in [3.8, 4) is 0 Å². The largest absolute Gasteiger partial charge is 0.468 e. The van der Waals surface area contributed by atoms with Gasteiger partial charge in [-0.1, -0.05) is 72.3 Å². The van der Waals surface area contributed by atoms with E-state index in [-0.39, 0.29) is 23.7 Å². The minimum atomic E-state index is -0.868. The number of thioether (sulfide) groups is 1. The summed E-state index contributed by atoms with van der Waals surface area (Å²) in [6, 6.07) is 24.0. The second kappa shape index (κ2) is 8.39. The molecule has 3 aromatic rings. The lowest BCUT2D eigenvalue weighted by molar-refractivity contribution is -0.143. The number of Topliss-reactive ketones (excluding diaryl/α,β-unsaturated/α-hetero) is 1. The Kier molecular flexibility index (Phi) is 5.58. The van der Waals surface area contributed by atoms with Gasteiger partial charge in [-0.25, -0.2) is 0 Å². The maximum atomic E-state index is 14.3. The van der Waals surface area contributed by atoms with Crippen LogP contribution in [-0.2, 0) is 9.53 Å². The van der Waals surface area contributed by atoms with E-state index in [1.807, 2.05) is 78.9 Å². The number of hydrogen-bond acceptors (Lipinski definition) is 5. The van der Waals surface area contributed by atoms with Gasteiger partial charge in [-0.15, -0.1) is 11.8 Å². The zero-order chi connectivity index (χ0) is 22.3. The molecular weight excluding hydrogens is 442 g/mol. The van der Waals surface area contributed by atoms with Crippen LogP contribution >= 0.6 is 23.4 Å². The monoisotopic (exact) mass is 463 g/mol. The van der Waals surface area contributed by atoms with Crippen LogP contribution in [0.2, 0.25) is 5.02 Å². The summed E-state index contributed by atoms with van der Waals surface area (Å²) in [5.41, 5.74) is 1.71. The number of methoxy groups -OCH3 is 1. The first-order chi connectivity index (χ1) is 15.6. The Morgan fingerprint density at radius 3 is 2.41 bits per heavy atom. The molecule has 1 spiro atoms. The van der Waals surface area contributed by atoms with Crippen LogP contribution in [-0.4, -0.2) is 30.7 Å². The second-order valence-corrected chi connectivity index (χ2v) is 9.65. The molecule has 0 aliphatic carbocycles. The van der Waals surface area contributed by atoms with Gasteiger partial charge in [0.25, 0.3) is 0 Å². The van der Waals surface area contributed by atoms with Gasteiger partial charge in [0.1, 0.15) is 6.04 Å². The highest BCUT2D eigenvalue weighted by Gasteiger charge is 2.63. The molecule has 4 nitrogen and oxygen atoms in total. The molecule has 162 valence electrons. The molecule has 0 saturated carbocycles. The Bertz CT molecular complexity index is 1170. The third-order valence-corrected chi connectivity index (χ3v) is 8.13. The molecule has 0 aromatic heterocycles. The zero-order valence-corrected chi connectivity index (χ0v) is 19.0. The maximum Gasteiger partial charge on any atom is 0.323 e. The summed E-state index contributed by atoms with van der Waals surface area (Å²) in [4.78, 5) is 28.3. The SMILES string of the molecule is COC(=O)[C@@H]1N[C@H](c2ccc(Cl)cc2)[C@@]2(CSc3ccccc3C2=O)[C@H]1c1ccccc1.